The third-order valence-corrected chi connectivity index (χ3v) is 4.59. The van der Waals surface area contributed by atoms with Crippen molar-refractivity contribution in [2.24, 2.45) is 0 Å². The maximum absolute atomic E-state index is 12.3. The van der Waals surface area contributed by atoms with Gasteiger partial charge in [0.2, 0.25) is 5.95 Å². The number of rotatable bonds is 6. The zero-order chi connectivity index (χ0) is 21.1. The lowest BCUT2D eigenvalue weighted by atomic mass is 10.1. The number of methoxy groups -OCH3 is 1. The Balaban J connectivity index is 1.44. The van der Waals surface area contributed by atoms with E-state index in [-0.39, 0.29) is 11.9 Å². The lowest BCUT2D eigenvalue weighted by Crippen LogP contribution is -2.37. The summed E-state index contributed by atoms with van der Waals surface area (Å²) in [5.74, 6) is 0.150. The first-order valence-corrected chi connectivity index (χ1v) is 9.22. The second-order valence-corrected chi connectivity index (χ2v) is 6.57. The first kappa shape index (κ1) is 19.2. The molecule has 1 aromatic heterocycles. The Morgan fingerprint density at radius 1 is 1.17 bits per heavy atom. The summed E-state index contributed by atoms with van der Waals surface area (Å²) in [6.07, 6.45) is 0.467. The number of benzene rings is 2. The molecule has 0 saturated carbocycles. The van der Waals surface area contributed by atoms with E-state index in [0.717, 1.165) is 0 Å². The molecule has 1 aliphatic rings. The number of H-pyrrole nitrogens is 1. The highest BCUT2D eigenvalue weighted by Gasteiger charge is 2.28. The van der Waals surface area contributed by atoms with Gasteiger partial charge in [0.05, 0.1) is 19.4 Å². The molecule has 4 rings (SSSR count). The van der Waals surface area contributed by atoms with Crippen molar-refractivity contribution in [3.05, 3.63) is 64.6 Å². The maximum Gasteiger partial charge on any atom is 0.349 e. The number of carbonyl (C=O) groups excluding carboxylic acids is 2. The van der Waals surface area contributed by atoms with E-state index in [0.29, 0.717) is 35.7 Å². The summed E-state index contributed by atoms with van der Waals surface area (Å²) < 4.78 is 11.2. The van der Waals surface area contributed by atoms with Crippen LogP contribution in [0.1, 0.15) is 16.8 Å². The summed E-state index contributed by atoms with van der Waals surface area (Å²) in [5.41, 5.74) is 1.21. The van der Waals surface area contributed by atoms with Crippen molar-refractivity contribution in [3.63, 3.8) is 0 Å². The Labute approximate surface area is 170 Å². The molecule has 0 unspecified atom stereocenters. The highest BCUT2D eigenvalue weighted by Crippen LogP contribution is 2.16. The van der Waals surface area contributed by atoms with Gasteiger partial charge in [-0.25, -0.2) is 9.59 Å². The Hall–Kier alpha value is -4.08. The van der Waals surface area contributed by atoms with Gasteiger partial charge < -0.3 is 20.1 Å². The molecule has 30 heavy (non-hydrogen) atoms. The van der Waals surface area contributed by atoms with E-state index in [9.17, 15) is 14.4 Å². The molecule has 1 amide bonds. The number of nitrogens with zero attached hydrogens (tertiary/aromatic N) is 2. The average molecular weight is 409 g/mol. The summed E-state index contributed by atoms with van der Waals surface area (Å²) in [5, 5.41) is 9.86. The van der Waals surface area contributed by atoms with Crippen LogP contribution in [0.4, 0.5) is 11.6 Å². The van der Waals surface area contributed by atoms with Crippen LogP contribution in [0.2, 0.25) is 0 Å². The van der Waals surface area contributed by atoms with Gasteiger partial charge in [-0.1, -0.05) is 0 Å². The molecular formula is C20H19N5O5. The van der Waals surface area contributed by atoms with Gasteiger partial charge in [-0.15, -0.1) is 5.10 Å². The van der Waals surface area contributed by atoms with Crippen molar-refractivity contribution >= 4 is 23.5 Å². The third-order valence-electron chi connectivity index (χ3n) is 4.59. The molecule has 10 nitrogen and oxygen atoms in total. The van der Waals surface area contributed by atoms with Gasteiger partial charge in [0.15, 0.2) is 0 Å². The summed E-state index contributed by atoms with van der Waals surface area (Å²) >= 11 is 0. The topological polar surface area (TPSA) is 127 Å². The molecule has 1 fully saturated rings. The summed E-state index contributed by atoms with van der Waals surface area (Å²) in [4.78, 5) is 38.6. The van der Waals surface area contributed by atoms with Crippen molar-refractivity contribution in [2.75, 3.05) is 19.0 Å². The number of amides is 1. The van der Waals surface area contributed by atoms with E-state index in [1.165, 1.54) is 4.68 Å². The van der Waals surface area contributed by atoms with E-state index >= 15 is 0 Å². The molecule has 10 heteroatoms. The molecule has 1 atom stereocenters. The zero-order valence-corrected chi connectivity index (χ0v) is 16.0. The number of carbonyl (C=O) groups is 2. The molecule has 0 aliphatic carbocycles. The Kier molecular flexibility index (Phi) is 5.21. The lowest BCUT2D eigenvalue weighted by Gasteiger charge is -2.09. The predicted octanol–water partition coefficient (Wildman–Crippen LogP) is 1.36. The minimum absolute atomic E-state index is 0.252. The van der Waals surface area contributed by atoms with Crippen LogP contribution in [0.15, 0.2) is 53.3 Å². The molecule has 2 heterocycles. The smallest absolute Gasteiger partial charge is 0.349 e. The normalized spacial score (nSPS) is 15.5. The highest BCUT2D eigenvalue weighted by molar-refractivity contribution is 5.97. The number of nitrogens with one attached hydrogen (secondary N) is 3. The second kappa shape index (κ2) is 8.11. The highest BCUT2D eigenvalue weighted by atomic mass is 16.5. The van der Waals surface area contributed by atoms with E-state index in [2.05, 4.69) is 20.7 Å². The average Bonchev–Trinajstić information content (AvgIpc) is 3.33. The molecular weight excluding hydrogens is 390 g/mol. The van der Waals surface area contributed by atoms with Crippen molar-refractivity contribution in [1.82, 2.24) is 20.1 Å². The van der Waals surface area contributed by atoms with E-state index < -0.39 is 17.7 Å². The van der Waals surface area contributed by atoms with Gasteiger partial charge in [-0.2, -0.15) is 4.68 Å². The number of hydrogen-bond donors (Lipinski definition) is 3. The van der Waals surface area contributed by atoms with Gasteiger partial charge in [-0.05, 0) is 48.5 Å². The predicted molar refractivity (Wildman–Crippen MR) is 107 cm³/mol. The standard InChI is InChI=1S/C20H19N5O5/c1-29-15-8-6-14(7-9-15)25-20(28)23-19(24-25)21-13-4-2-12(3-5-13)17(26)22-16-10-11-30-18(16)27/h2-9,16H,10-11H2,1H3,(H,22,26)(H2,21,23,24,28)/t16-/m1/s1. The van der Waals surface area contributed by atoms with Crippen molar-refractivity contribution in [1.29, 1.82) is 0 Å². The molecule has 1 saturated heterocycles. The van der Waals surface area contributed by atoms with Crippen molar-refractivity contribution < 1.29 is 19.1 Å². The van der Waals surface area contributed by atoms with E-state index in [4.69, 9.17) is 9.47 Å². The monoisotopic (exact) mass is 409 g/mol. The van der Waals surface area contributed by atoms with Crippen LogP contribution in [0.5, 0.6) is 5.75 Å². The third kappa shape index (κ3) is 4.02. The second-order valence-electron chi connectivity index (χ2n) is 6.57. The lowest BCUT2D eigenvalue weighted by molar-refractivity contribution is -0.139. The molecule has 1 aliphatic heterocycles. The number of ether oxygens (including phenoxy) is 2. The largest absolute Gasteiger partial charge is 0.497 e. The molecule has 154 valence electrons. The summed E-state index contributed by atoms with van der Waals surface area (Å²) in [6.45, 7) is 0.314. The van der Waals surface area contributed by atoms with Gasteiger partial charge in [0, 0.05) is 17.7 Å². The van der Waals surface area contributed by atoms with E-state index in [1.54, 1.807) is 55.6 Å². The van der Waals surface area contributed by atoms with Crippen LogP contribution in [0, 0.1) is 0 Å². The minimum atomic E-state index is -0.609. The van der Waals surface area contributed by atoms with Crippen LogP contribution < -0.4 is 21.1 Å². The Morgan fingerprint density at radius 3 is 2.53 bits per heavy atom. The Morgan fingerprint density at radius 2 is 1.90 bits per heavy atom. The Bertz CT molecular complexity index is 1120. The number of aromatic amines is 1. The molecule has 0 spiro atoms. The van der Waals surface area contributed by atoms with Gasteiger partial charge >= 0.3 is 11.7 Å². The van der Waals surface area contributed by atoms with Crippen LogP contribution in [-0.4, -0.2) is 46.4 Å². The van der Waals surface area contributed by atoms with Crippen molar-refractivity contribution in [3.8, 4) is 11.4 Å². The van der Waals surface area contributed by atoms with Crippen LogP contribution >= 0.6 is 0 Å². The van der Waals surface area contributed by atoms with Gasteiger partial charge in [-0.3, -0.25) is 9.78 Å². The number of esters is 1. The first-order valence-electron chi connectivity index (χ1n) is 9.22. The van der Waals surface area contributed by atoms with Crippen LogP contribution in [0.25, 0.3) is 5.69 Å². The fourth-order valence-electron chi connectivity index (χ4n) is 2.99. The number of anilines is 2. The number of cyclic esters (lactones) is 1. The number of hydrogen-bond acceptors (Lipinski definition) is 7. The summed E-state index contributed by atoms with van der Waals surface area (Å²) in [6, 6.07) is 12.9. The molecule has 0 bridgehead atoms. The zero-order valence-electron chi connectivity index (χ0n) is 16.0. The number of aromatic nitrogens is 3. The molecule has 2 aromatic carbocycles. The quantitative estimate of drug-likeness (QED) is 0.525. The fraction of sp³-hybridized carbons (Fsp3) is 0.200. The SMILES string of the molecule is COc1ccc(-n2nc(Nc3ccc(C(=O)N[C@@H]4CCOC4=O)cc3)[nH]c2=O)cc1. The van der Waals surface area contributed by atoms with Gasteiger partial charge in [0.25, 0.3) is 5.91 Å². The van der Waals surface area contributed by atoms with Crippen molar-refractivity contribution in [2.45, 2.75) is 12.5 Å². The maximum atomic E-state index is 12.3. The van der Waals surface area contributed by atoms with Crippen LogP contribution in [-0.2, 0) is 9.53 Å². The minimum Gasteiger partial charge on any atom is -0.497 e. The molecule has 3 aromatic rings. The summed E-state index contributed by atoms with van der Waals surface area (Å²) in [7, 11) is 1.56. The van der Waals surface area contributed by atoms with Crippen LogP contribution in [0.3, 0.4) is 0 Å². The molecule has 3 N–H and O–H groups in total. The molecule has 0 radical (unpaired) electrons. The first-order chi connectivity index (χ1) is 14.5. The fourth-order valence-corrected chi connectivity index (χ4v) is 2.99. The van der Waals surface area contributed by atoms with E-state index in [1.807, 2.05) is 0 Å². The van der Waals surface area contributed by atoms with Gasteiger partial charge in [0.1, 0.15) is 11.8 Å².